The molecular weight excluding hydrogens is 623 g/mol. The number of hydrogen-bond donors (Lipinski definition) is 1. The van der Waals surface area contributed by atoms with Crippen molar-refractivity contribution in [2.24, 2.45) is 5.92 Å². The van der Waals surface area contributed by atoms with Crippen molar-refractivity contribution in [3.63, 3.8) is 0 Å². The summed E-state index contributed by atoms with van der Waals surface area (Å²) in [5.41, 5.74) is 0. The highest BCUT2D eigenvalue weighted by Gasteiger charge is 2.21. The van der Waals surface area contributed by atoms with Gasteiger partial charge in [0, 0.05) is 6.04 Å². The van der Waals surface area contributed by atoms with Gasteiger partial charge in [-0.3, -0.25) is 9.69 Å². The highest BCUT2D eigenvalue weighted by atomic mass is 16.4. The molecule has 3 nitrogen and oxygen atoms in total. The summed E-state index contributed by atoms with van der Waals surface area (Å²) in [4.78, 5) is 14.4. The molecule has 306 valence electrons. The van der Waals surface area contributed by atoms with Crippen LogP contribution in [0.4, 0.5) is 0 Å². The second-order valence-electron chi connectivity index (χ2n) is 16.9. The maximum atomic E-state index is 11.9. The molecule has 0 aromatic carbocycles. The number of unbranched alkanes of at least 4 members (excludes halogenated alkanes) is 29. The molecule has 2 unspecified atom stereocenters. The SMILES string of the molecule is CCCCCCCCCCCCCCCCCCC(CCCCCCCCCCCCCCC)CCCC(CC(=O)O)N(CCCC)CCCC. The lowest BCUT2D eigenvalue weighted by Crippen LogP contribution is -2.38. The molecular formula is C48H97NO2. The summed E-state index contributed by atoms with van der Waals surface area (Å²) < 4.78 is 0. The number of carboxylic acids is 1. The molecule has 0 aliphatic heterocycles. The van der Waals surface area contributed by atoms with Crippen molar-refractivity contribution in [1.29, 1.82) is 0 Å². The first-order chi connectivity index (χ1) is 25.1. The first kappa shape index (κ1) is 50.4. The molecule has 2 atom stereocenters. The Morgan fingerprint density at radius 2 is 0.647 bits per heavy atom. The Morgan fingerprint density at radius 3 is 0.941 bits per heavy atom. The molecule has 0 saturated heterocycles. The molecule has 0 fully saturated rings. The van der Waals surface area contributed by atoms with E-state index in [0.29, 0.717) is 6.42 Å². The normalized spacial score (nSPS) is 13.0. The number of hydrogen-bond acceptors (Lipinski definition) is 2. The van der Waals surface area contributed by atoms with Crippen molar-refractivity contribution in [1.82, 2.24) is 4.90 Å². The number of aliphatic carboxylic acids is 1. The highest BCUT2D eigenvalue weighted by molar-refractivity contribution is 5.67. The lowest BCUT2D eigenvalue weighted by atomic mass is 9.88. The summed E-state index contributed by atoms with van der Waals surface area (Å²) in [5.74, 6) is 0.226. The zero-order valence-corrected chi connectivity index (χ0v) is 35.9. The second-order valence-corrected chi connectivity index (χ2v) is 16.9. The lowest BCUT2D eigenvalue weighted by molar-refractivity contribution is -0.138. The minimum absolute atomic E-state index is 0.216. The van der Waals surface area contributed by atoms with Gasteiger partial charge in [0.15, 0.2) is 0 Å². The molecule has 51 heavy (non-hydrogen) atoms. The van der Waals surface area contributed by atoms with E-state index in [2.05, 4.69) is 32.6 Å². The van der Waals surface area contributed by atoms with Crippen LogP contribution in [0.1, 0.15) is 278 Å². The van der Waals surface area contributed by atoms with Crippen molar-refractivity contribution in [3.05, 3.63) is 0 Å². The van der Waals surface area contributed by atoms with Crippen LogP contribution in [0.2, 0.25) is 0 Å². The molecule has 0 aliphatic rings. The summed E-state index contributed by atoms with van der Waals surface area (Å²) in [7, 11) is 0. The van der Waals surface area contributed by atoms with Crippen LogP contribution in [0.15, 0.2) is 0 Å². The van der Waals surface area contributed by atoms with E-state index in [1.165, 1.54) is 238 Å². The first-order valence-corrected chi connectivity index (χ1v) is 24.0. The van der Waals surface area contributed by atoms with E-state index in [4.69, 9.17) is 0 Å². The van der Waals surface area contributed by atoms with Gasteiger partial charge in [0.25, 0.3) is 0 Å². The quantitative estimate of drug-likeness (QED) is 0.0637. The molecule has 0 aliphatic carbocycles. The Labute approximate surface area is 323 Å². The summed E-state index contributed by atoms with van der Waals surface area (Å²) in [6.45, 7) is 11.2. The number of rotatable bonds is 44. The van der Waals surface area contributed by atoms with Gasteiger partial charge in [-0.1, -0.05) is 252 Å². The van der Waals surface area contributed by atoms with Gasteiger partial charge in [-0.05, 0) is 38.3 Å². The zero-order chi connectivity index (χ0) is 37.3. The van der Waals surface area contributed by atoms with Crippen LogP contribution in [0.3, 0.4) is 0 Å². The second kappa shape index (κ2) is 42.2. The van der Waals surface area contributed by atoms with Gasteiger partial charge in [-0.2, -0.15) is 0 Å². The molecule has 0 bridgehead atoms. The predicted octanol–water partition coefficient (Wildman–Crippen LogP) is 16.7. The van der Waals surface area contributed by atoms with Crippen LogP contribution >= 0.6 is 0 Å². The Balaban J connectivity index is 4.46. The standard InChI is InChI=1S/C48H97NO2/c1-5-9-13-15-17-19-21-23-24-25-27-29-31-33-35-37-40-46(39-36-34-32-30-28-26-22-20-18-16-14-10-6-2)41-38-42-47(45-48(50)51)49(43-11-7-3)44-12-8-4/h46-47H,5-45H2,1-4H3,(H,50,51). The minimum atomic E-state index is -0.616. The van der Waals surface area contributed by atoms with Crippen LogP contribution in [0.25, 0.3) is 0 Å². The molecule has 3 heteroatoms. The average Bonchev–Trinajstić information content (AvgIpc) is 3.12. The maximum absolute atomic E-state index is 11.9. The van der Waals surface area contributed by atoms with E-state index in [1.807, 2.05) is 0 Å². The summed E-state index contributed by atoms with van der Waals surface area (Å²) >= 11 is 0. The van der Waals surface area contributed by atoms with Gasteiger partial charge in [0.05, 0.1) is 6.42 Å². The van der Waals surface area contributed by atoms with Crippen molar-refractivity contribution >= 4 is 5.97 Å². The molecule has 0 aromatic rings. The van der Waals surface area contributed by atoms with Gasteiger partial charge in [-0.25, -0.2) is 0 Å². The van der Waals surface area contributed by atoms with E-state index in [-0.39, 0.29) is 6.04 Å². The Bertz CT molecular complexity index is 658. The first-order valence-electron chi connectivity index (χ1n) is 24.0. The molecule has 0 rings (SSSR count). The van der Waals surface area contributed by atoms with Gasteiger partial charge >= 0.3 is 5.97 Å². The zero-order valence-electron chi connectivity index (χ0n) is 35.9. The fraction of sp³-hybridized carbons (Fsp3) is 0.979. The molecule has 0 aromatic heterocycles. The molecule has 1 N–H and O–H groups in total. The molecule has 0 amide bonds. The van der Waals surface area contributed by atoms with Gasteiger partial charge in [0.1, 0.15) is 0 Å². The predicted molar refractivity (Wildman–Crippen MR) is 229 cm³/mol. The Hall–Kier alpha value is -0.570. The van der Waals surface area contributed by atoms with Crippen LogP contribution in [0, 0.1) is 5.92 Å². The van der Waals surface area contributed by atoms with Crippen LogP contribution in [-0.2, 0) is 4.79 Å². The smallest absolute Gasteiger partial charge is 0.304 e. The highest BCUT2D eigenvalue weighted by Crippen LogP contribution is 2.26. The topological polar surface area (TPSA) is 40.5 Å². The van der Waals surface area contributed by atoms with Crippen LogP contribution < -0.4 is 0 Å². The maximum Gasteiger partial charge on any atom is 0.304 e. The fourth-order valence-electron chi connectivity index (χ4n) is 8.32. The van der Waals surface area contributed by atoms with E-state index in [9.17, 15) is 9.90 Å². The van der Waals surface area contributed by atoms with Crippen LogP contribution in [0.5, 0.6) is 0 Å². The van der Waals surface area contributed by atoms with E-state index < -0.39 is 5.97 Å². The summed E-state index contributed by atoms with van der Waals surface area (Å²) in [6, 6.07) is 0.216. The molecule has 0 spiro atoms. The Kier molecular flexibility index (Phi) is 41.7. The lowest BCUT2D eigenvalue weighted by Gasteiger charge is -2.31. The van der Waals surface area contributed by atoms with E-state index in [0.717, 1.165) is 25.4 Å². The summed E-state index contributed by atoms with van der Waals surface area (Å²) in [5, 5.41) is 9.76. The van der Waals surface area contributed by atoms with Gasteiger partial charge < -0.3 is 5.11 Å². The third kappa shape index (κ3) is 37.5. The van der Waals surface area contributed by atoms with E-state index >= 15 is 0 Å². The number of carboxylic acid groups (broad SMARTS) is 1. The summed E-state index contributed by atoms with van der Waals surface area (Å²) in [6.07, 6.45) is 53.0. The third-order valence-corrected chi connectivity index (χ3v) is 11.9. The molecule has 0 heterocycles. The molecule has 0 radical (unpaired) electrons. The third-order valence-electron chi connectivity index (χ3n) is 11.9. The number of nitrogens with zero attached hydrogens (tertiary/aromatic N) is 1. The van der Waals surface area contributed by atoms with Crippen molar-refractivity contribution in [2.45, 2.75) is 284 Å². The fourth-order valence-corrected chi connectivity index (χ4v) is 8.32. The van der Waals surface area contributed by atoms with Gasteiger partial charge in [0.2, 0.25) is 0 Å². The number of carbonyl (C=O) groups is 1. The van der Waals surface area contributed by atoms with Crippen molar-refractivity contribution in [3.8, 4) is 0 Å². The minimum Gasteiger partial charge on any atom is -0.481 e. The monoisotopic (exact) mass is 720 g/mol. The van der Waals surface area contributed by atoms with Crippen molar-refractivity contribution < 1.29 is 9.90 Å². The average molecular weight is 720 g/mol. The molecule has 0 saturated carbocycles. The van der Waals surface area contributed by atoms with Gasteiger partial charge in [-0.15, -0.1) is 0 Å². The van der Waals surface area contributed by atoms with Crippen LogP contribution in [-0.4, -0.2) is 35.1 Å². The Morgan fingerprint density at radius 1 is 0.373 bits per heavy atom. The van der Waals surface area contributed by atoms with Crippen molar-refractivity contribution in [2.75, 3.05) is 13.1 Å². The van der Waals surface area contributed by atoms with E-state index in [1.54, 1.807) is 0 Å². The largest absolute Gasteiger partial charge is 0.481 e.